The highest BCUT2D eigenvalue weighted by atomic mass is 16.5. The minimum atomic E-state index is -0.335. The molecule has 114 valence electrons. The first-order chi connectivity index (χ1) is 9.57. The van der Waals surface area contributed by atoms with Gasteiger partial charge in [-0.3, -0.25) is 0 Å². The molecule has 20 heavy (non-hydrogen) atoms. The summed E-state index contributed by atoms with van der Waals surface area (Å²) in [5.74, 6) is 1.46. The van der Waals surface area contributed by atoms with Crippen LogP contribution < -0.4 is 5.32 Å². The summed E-state index contributed by atoms with van der Waals surface area (Å²) >= 11 is 0. The minimum absolute atomic E-state index is 0.335. The molecule has 1 aromatic rings. The number of hydrogen-bond donors (Lipinski definition) is 1. The van der Waals surface area contributed by atoms with Gasteiger partial charge in [0.1, 0.15) is 5.60 Å². The highest BCUT2D eigenvalue weighted by Crippen LogP contribution is 2.30. The molecule has 0 fully saturated rings. The van der Waals surface area contributed by atoms with Crippen molar-refractivity contribution in [2.24, 2.45) is 5.92 Å². The lowest BCUT2D eigenvalue weighted by atomic mass is 9.96. The maximum atomic E-state index is 5.93. The molecule has 0 bridgehead atoms. The third kappa shape index (κ3) is 4.53. The van der Waals surface area contributed by atoms with Crippen LogP contribution in [0.4, 0.5) is 0 Å². The molecule has 0 aliphatic rings. The minimum Gasteiger partial charge on any atom is -0.367 e. The monoisotopic (exact) mass is 279 g/mol. The summed E-state index contributed by atoms with van der Waals surface area (Å²) in [4.78, 5) is 9.07. The average Bonchev–Trinajstić information content (AvgIpc) is 2.45. The topological polar surface area (TPSA) is 47.0 Å². The highest BCUT2D eigenvalue weighted by Gasteiger charge is 2.31. The zero-order chi connectivity index (χ0) is 15.0. The molecule has 0 saturated heterocycles. The van der Waals surface area contributed by atoms with Crippen molar-refractivity contribution in [1.82, 2.24) is 15.3 Å². The first-order valence-electron chi connectivity index (χ1n) is 7.74. The molecule has 1 N–H and O–H groups in total. The van der Waals surface area contributed by atoms with Gasteiger partial charge in [0, 0.05) is 31.1 Å². The van der Waals surface area contributed by atoms with E-state index in [4.69, 9.17) is 4.74 Å². The number of hydrogen-bond acceptors (Lipinski definition) is 4. The number of aromatic nitrogens is 2. The van der Waals surface area contributed by atoms with E-state index in [1.807, 2.05) is 19.3 Å². The Bertz CT molecular complexity index is 372. The van der Waals surface area contributed by atoms with Crippen LogP contribution in [0.3, 0.4) is 0 Å². The molecule has 0 saturated carbocycles. The maximum Gasteiger partial charge on any atom is 0.160 e. The fourth-order valence-corrected chi connectivity index (χ4v) is 2.30. The molecule has 0 radical (unpaired) electrons. The van der Waals surface area contributed by atoms with Crippen molar-refractivity contribution in [2.75, 3.05) is 13.2 Å². The van der Waals surface area contributed by atoms with E-state index in [0.29, 0.717) is 12.5 Å². The van der Waals surface area contributed by atoms with Gasteiger partial charge in [-0.25, -0.2) is 9.97 Å². The van der Waals surface area contributed by atoms with Crippen molar-refractivity contribution in [1.29, 1.82) is 0 Å². The van der Waals surface area contributed by atoms with Crippen LogP contribution in [0.15, 0.2) is 12.4 Å². The zero-order valence-electron chi connectivity index (χ0n) is 13.6. The van der Waals surface area contributed by atoms with Crippen LogP contribution in [-0.2, 0) is 16.9 Å². The quantitative estimate of drug-likeness (QED) is 0.753. The van der Waals surface area contributed by atoms with Crippen LogP contribution in [0.25, 0.3) is 0 Å². The Morgan fingerprint density at radius 1 is 1.15 bits per heavy atom. The molecule has 1 rings (SSSR count). The van der Waals surface area contributed by atoms with E-state index in [9.17, 15) is 0 Å². The summed E-state index contributed by atoms with van der Waals surface area (Å²) in [6, 6.07) is 0. The van der Waals surface area contributed by atoms with Gasteiger partial charge >= 0.3 is 0 Å². The van der Waals surface area contributed by atoms with Gasteiger partial charge in [-0.1, -0.05) is 27.7 Å². The lowest BCUT2D eigenvalue weighted by Gasteiger charge is -2.29. The fraction of sp³-hybridized carbons (Fsp3) is 0.750. The molecule has 0 aliphatic heterocycles. The Balaban J connectivity index is 2.73. The summed E-state index contributed by atoms with van der Waals surface area (Å²) in [7, 11) is 0. The Morgan fingerprint density at radius 3 is 2.20 bits per heavy atom. The van der Waals surface area contributed by atoms with Crippen molar-refractivity contribution < 1.29 is 4.74 Å². The average molecular weight is 279 g/mol. The van der Waals surface area contributed by atoms with E-state index in [2.05, 4.69) is 43.0 Å². The molecule has 0 atom stereocenters. The van der Waals surface area contributed by atoms with E-state index in [1.165, 1.54) is 0 Å². The highest BCUT2D eigenvalue weighted by molar-refractivity contribution is 5.09. The van der Waals surface area contributed by atoms with Crippen molar-refractivity contribution in [2.45, 2.75) is 59.6 Å². The molecule has 4 heteroatoms. The van der Waals surface area contributed by atoms with Gasteiger partial charge in [-0.15, -0.1) is 0 Å². The van der Waals surface area contributed by atoms with Crippen LogP contribution in [0, 0.1) is 5.92 Å². The van der Waals surface area contributed by atoms with Crippen LogP contribution in [0.2, 0.25) is 0 Å². The Morgan fingerprint density at radius 2 is 1.75 bits per heavy atom. The molecular formula is C16H29N3O. The Hall–Kier alpha value is -1.00. The van der Waals surface area contributed by atoms with Gasteiger partial charge in [0.05, 0.1) is 0 Å². The van der Waals surface area contributed by atoms with E-state index in [1.54, 1.807) is 0 Å². The lowest BCUT2D eigenvalue weighted by molar-refractivity contribution is -0.0572. The molecule has 0 aromatic carbocycles. The van der Waals surface area contributed by atoms with Crippen molar-refractivity contribution in [3.8, 4) is 0 Å². The van der Waals surface area contributed by atoms with Crippen LogP contribution in [0.5, 0.6) is 0 Å². The third-order valence-corrected chi connectivity index (χ3v) is 3.56. The van der Waals surface area contributed by atoms with Crippen molar-refractivity contribution in [3.05, 3.63) is 23.8 Å². The normalized spacial score (nSPS) is 12.1. The molecule has 1 aromatic heterocycles. The summed E-state index contributed by atoms with van der Waals surface area (Å²) in [6.45, 7) is 13.2. The number of nitrogens with one attached hydrogen (secondary N) is 1. The van der Waals surface area contributed by atoms with E-state index in [0.717, 1.165) is 37.3 Å². The predicted molar refractivity (Wildman–Crippen MR) is 82.5 cm³/mol. The first kappa shape index (κ1) is 17.1. The van der Waals surface area contributed by atoms with Gasteiger partial charge < -0.3 is 10.1 Å². The van der Waals surface area contributed by atoms with Crippen molar-refractivity contribution >= 4 is 0 Å². The van der Waals surface area contributed by atoms with Crippen LogP contribution in [0.1, 0.15) is 58.8 Å². The van der Waals surface area contributed by atoms with Gasteiger partial charge in [0.2, 0.25) is 0 Å². The second kappa shape index (κ2) is 8.32. The third-order valence-electron chi connectivity index (χ3n) is 3.56. The molecule has 0 unspecified atom stereocenters. The molecule has 4 nitrogen and oxygen atoms in total. The number of ether oxygens (including phenoxy) is 1. The molecular weight excluding hydrogens is 250 g/mol. The van der Waals surface area contributed by atoms with Gasteiger partial charge in [-0.2, -0.15) is 0 Å². The van der Waals surface area contributed by atoms with Gasteiger partial charge in [-0.05, 0) is 32.2 Å². The van der Waals surface area contributed by atoms with Crippen molar-refractivity contribution in [3.63, 3.8) is 0 Å². The number of rotatable bonds is 9. The predicted octanol–water partition coefficient (Wildman–Crippen LogP) is 3.27. The largest absolute Gasteiger partial charge is 0.367 e. The lowest BCUT2D eigenvalue weighted by Crippen LogP contribution is -2.31. The smallest absolute Gasteiger partial charge is 0.160 e. The standard InChI is InChI=1S/C16H29N3O/c1-6-16(7-2,20-8-3)15-18-11-14(12-19-15)10-17-9-13(4)5/h11-13,17H,6-10H2,1-5H3. The summed E-state index contributed by atoms with van der Waals surface area (Å²) < 4.78 is 5.93. The second-order valence-corrected chi connectivity index (χ2v) is 5.57. The molecule has 1 heterocycles. The second-order valence-electron chi connectivity index (χ2n) is 5.57. The Kier molecular flexibility index (Phi) is 7.10. The summed E-state index contributed by atoms with van der Waals surface area (Å²) in [6.07, 6.45) is 5.61. The molecule has 0 spiro atoms. The first-order valence-corrected chi connectivity index (χ1v) is 7.74. The number of nitrogens with zero attached hydrogens (tertiary/aromatic N) is 2. The zero-order valence-corrected chi connectivity index (χ0v) is 13.6. The van der Waals surface area contributed by atoms with Crippen LogP contribution >= 0.6 is 0 Å². The van der Waals surface area contributed by atoms with E-state index in [-0.39, 0.29) is 5.60 Å². The van der Waals surface area contributed by atoms with E-state index < -0.39 is 0 Å². The summed E-state index contributed by atoms with van der Waals surface area (Å²) in [5.41, 5.74) is 0.783. The van der Waals surface area contributed by atoms with E-state index >= 15 is 0 Å². The Labute approximate surface area is 123 Å². The SMILES string of the molecule is CCOC(CC)(CC)c1ncc(CNCC(C)C)cn1. The molecule has 0 amide bonds. The van der Waals surface area contributed by atoms with Gasteiger partial charge in [0.15, 0.2) is 5.82 Å². The molecule has 0 aliphatic carbocycles. The van der Waals surface area contributed by atoms with Gasteiger partial charge in [0.25, 0.3) is 0 Å². The van der Waals surface area contributed by atoms with Crippen LogP contribution in [-0.4, -0.2) is 23.1 Å². The summed E-state index contributed by atoms with van der Waals surface area (Å²) in [5, 5.41) is 3.40. The maximum absolute atomic E-state index is 5.93. The fourth-order valence-electron chi connectivity index (χ4n) is 2.30.